The quantitative estimate of drug-likeness (QED) is 0.508. The molecule has 9 heteroatoms. The number of nitrogens with zero attached hydrogens (tertiary/aromatic N) is 2. The van der Waals surface area contributed by atoms with Gasteiger partial charge < -0.3 is 19.4 Å². The van der Waals surface area contributed by atoms with Gasteiger partial charge in [0, 0.05) is 11.3 Å². The average Bonchev–Trinajstić information content (AvgIpc) is 3.33. The van der Waals surface area contributed by atoms with E-state index in [1.54, 1.807) is 17.6 Å². The maximum absolute atomic E-state index is 12.4. The molecule has 8 nitrogen and oxygen atoms in total. The van der Waals surface area contributed by atoms with Gasteiger partial charge in [-0.3, -0.25) is 9.59 Å². The fourth-order valence-corrected chi connectivity index (χ4v) is 4.13. The fraction of sp³-hybridized carbons (Fsp3) is 0.364. The highest BCUT2D eigenvalue weighted by Gasteiger charge is 2.20. The highest BCUT2D eigenvalue weighted by atomic mass is 32.1. The van der Waals surface area contributed by atoms with Crippen molar-refractivity contribution in [1.29, 1.82) is 0 Å². The molecule has 1 amide bonds. The van der Waals surface area contributed by atoms with Crippen LogP contribution < -0.4 is 5.32 Å². The van der Waals surface area contributed by atoms with Gasteiger partial charge in [0.15, 0.2) is 6.61 Å². The minimum Gasteiger partial charge on any atom is -0.462 e. The molecule has 2 heterocycles. The maximum Gasteiger partial charge on any atom is 0.341 e. The first-order chi connectivity index (χ1) is 15.0. The zero-order valence-electron chi connectivity index (χ0n) is 17.8. The predicted molar refractivity (Wildman–Crippen MR) is 118 cm³/mol. The lowest BCUT2D eigenvalue weighted by atomic mass is 10.2. The molecule has 2 aromatic heterocycles. The van der Waals surface area contributed by atoms with Crippen molar-refractivity contribution in [1.82, 2.24) is 9.55 Å². The van der Waals surface area contributed by atoms with E-state index in [-0.39, 0.29) is 13.2 Å². The Kier molecular flexibility index (Phi) is 7.41. The molecule has 1 aromatic carbocycles. The zero-order valence-corrected chi connectivity index (χ0v) is 18.6. The van der Waals surface area contributed by atoms with Crippen LogP contribution in [0.15, 0.2) is 30.3 Å². The number of rotatable bonds is 9. The molecule has 0 unspecified atom stereocenters. The normalized spacial score (nSPS) is 10.8. The smallest absolute Gasteiger partial charge is 0.341 e. The van der Waals surface area contributed by atoms with Crippen LogP contribution in [0.1, 0.15) is 41.8 Å². The molecule has 0 saturated carbocycles. The van der Waals surface area contributed by atoms with Crippen molar-refractivity contribution < 1.29 is 23.9 Å². The van der Waals surface area contributed by atoms with Gasteiger partial charge in [-0.2, -0.15) is 0 Å². The van der Waals surface area contributed by atoms with E-state index in [0.29, 0.717) is 17.0 Å². The molecular weight excluding hydrogens is 418 g/mol. The Bertz CT molecular complexity index is 1100. The molecule has 164 valence electrons. The SMILES string of the molecule is CCOC(=O)c1cc(CC)sc1NC(=O)COC(=O)Cn1c(CC)nc2ccccc21. The number of benzene rings is 1. The summed E-state index contributed by atoms with van der Waals surface area (Å²) in [6, 6.07) is 9.25. The first-order valence-electron chi connectivity index (χ1n) is 10.2. The topological polar surface area (TPSA) is 99.5 Å². The summed E-state index contributed by atoms with van der Waals surface area (Å²) in [7, 11) is 0. The fourth-order valence-electron chi connectivity index (χ4n) is 3.12. The highest BCUT2D eigenvalue weighted by Crippen LogP contribution is 2.29. The van der Waals surface area contributed by atoms with Gasteiger partial charge in [-0.15, -0.1) is 11.3 Å². The molecule has 0 spiro atoms. The molecule has 0 saturated heterocycles. The highest BCUT2D eigenvalue weighted by molar-refractivity contribution is 7.16. The number of anilines is 1. The summed E-state index contributed by atoms with van der Waals surface area (Å²) in [4.78, 5) is 42.3. The molecule has 0 aliphatic carbocycles. The number of amides is 1. The van der Waals surface area contributed by atoms with Crippen LogP contribution in [-0.4, -0.2) is 40.6 Å². The van der Waals surface area contributed by atoms with Gasteiger partial charge in [0.25, 0.3) is 5.91 Å². The third kappa shape index (κ3) is 5.29. The molecule has 31 heavy (non-hydrogen) atoms. The van der Waals surface area contributed by atoms with Gasteiger partial charge in [-0.25, -0.2) is 9.78 Å². The summed E-state index contributed by atoms with van der Waals surface area (Å²) in [6.07, 6.45) is 1.39. The second-order valence-corrected chi connectivity index (χ2v) is 7.83. The van der Waals surface area contributed by atoms with E-state index < -0.39 is 24.5 Å². The Morgan fingerprint density at radius 2 is 1.87 bits per heavy atom. The van der Waals surface area contributed by atoms with Gasteiger partial charge in [-0.05, 0) is 31.5 Å². The Labute approximate surface area is 184 Å². The second kappa shape index (κ2) is 10.2. The number of fused-ring (bicyclic) bond motifs is 1. The minimum absolute atomic E-state index is 0.0377. The number of imidazole rings is 1. The molecular formula is C22H25N3O5S. The van der Waals surface area contributed by atoms with Crippen molar-refractivity contribution in [2.75, 3.05) is 18.5 Å². The van der Waals surface area contributed by atoms with Crippen molar-refractivity contribution in [3.8, 4) is 0 Å². The number of esters is 2. The number of aromatic nitrogens is 2. The first kappa shape index (κ1) is 22.5. The predicted octanol–water partition coefficient (Wildman–Crippen LogP) is 3.58. The second-order valence-electron chi connectivity index (χ2n) is 6.69. The molecule has 3 rings (SSSR count). The Morgan fingerprint density at radius 1 is 1.10 bits per heavy atom. The van der Waals surface area contributed by atoms with Crippen molar-refractivity contribution >= 4 is 45.2 Å². The molecule has 0 atom stereocenters. The molecule has 0 aliphatic rings. The molecule has 3 aromatic rings. The van der Waals surface area contributed by atoms with Gasteiger partial charge in [0.05, 0.1) is 23.2 Å². The monoisotopic (exact) mass is 443 g/mol. The summed E-state index contributed by atoms with van der Waals surface area (Å²) in [5.41, 5.74) is 1.95. The number of hydrogen-bond acceptors (Lipinski definition) is 7. The van der Waals surface area contributed by atoms with Crippen LogP contribution in [0.2, 0.25) is 0 Å². The Balaban J connectivity index is 1.62. The van der Waals surface area contributed by atoms with Gasteiger partial charge in [-0.1, -0.05) is 26.0 Å². The van der Waals surface area contributed by atoms with Gasteiger partial charge in [0.1, 0.15) is 17.4 Å². The number of carbonyl (C=O) groups excluding carboxylic acids is 3. The van der Waals surface area contributed by atoms with Crippen molar-refractivity contribution in [3.63, 3.8) is 0 Å². The molecule has 0 fully saturated rings. The van der Waals surface area contributed by atoms with E-state index >= 15 is 0 Å². The minimum atomic E-state index is -0.543. The van der Waals surface area contributed by atoms with E-state index in [2.05, 4.69) is 10.3 Å². The Hall–Kier alpha value is -3.20. The number of ether oxygens (including phenoxy) is 2. The number of thiophene rings is 1. The van der Waals surface area contributed by atoms with Crippen LogP contribution in [0.3, 0.4) is 0 Å². The van der Waals surface area contributed by atoms with Gasteiger partial charge >= 0.3 is 11.9 Å². The summed E-state index contributed by atoms with van der Waals surface area (Å²) in [5, 5.41) is 3.05. The summed E-state index contributed by atoms with van der Waals surface area (Å²) < 4.78 is 12.0. The standard InChI is InChI=1S/C22H25N3O5S/c1-4-14-11-15(22(28)29-6-3)21(31-14)24-19(26)13-30-20(27)12-25-17-10-8-7-9-16(17)23-18(25)5-2/h7-11H,4-6,12-13H2,1-3H3,(H,24,26). The van der Waals surface area contributed by atoms with Crippen LogP contribution in [0.4, 0.5) is 5.00 Å². The lowest BCUT2D eigenvalue weighted by molar-refractivity contribution is -0.147. The van der Waals surface area contributed by atoms with E-state index in [0.717, 1.165) is 28.2 Å². The Morgan fingerprint density at radius 3 is 2.58 bits per heavy atom. The largest absolute Gasteiger partial charge is 0.462 e. The van der Waals surface area contributed by atoms with Gasteiger partial charge in [0.2, 0.25) is 0 Å². The number of para-hydroxylation sites is 2. The number of hydrogen-bond donors (Lipinski definition) is 1. The summed E-state index contributed by atoms with van der Waals surface area (Å²) >= 11 is 1.30. The van der Waals surface area contributed by atoms with Crippen molar-refractivity contribution in [2.45, 2.75) is 40.2 Å². The molecule has 0 bridgehead atoms. The first-order valence-corrected chi connectivity index (χ1v) is 11.0. The lowest BCUT2D eigenvalue weighted by Gasteiger charge is -2.09. The lowest BCUT2D eigenvalue weighted by Crippen LogP contribution is -2.23. The average molecular weight is 444 g/mol. The van der Waals surface area contributed by atoms with E-state index in [9.17, 15) is 14.4 Å². The number of nitrogens with one attached hydrogen (secondary N) is 1. The van der Waals surface area contributed by atoms with E-state index in [1.165, 1.54) is 11.3 Å². The zero-order chi connectivity index (χ0) is 22.4. The van der Waals surface area contributed by atoms with Crippen molar-refractivity contribution in [3.05, 3.63) is 46.6 Å². The maximum atomic E-state index is 12.4. The molecule has 0 radical (unpaired) electrons. The molecule has 1 N–H and O–H groups in total. The number of carbonyl (C=O) groups is 3. The summed E-state index contributed by atoms with van der Waals surface area (Å²) in [6.45, 7) is 5.39. The molecule has 0 aliphatic heterocycles. The van der Waals surface area contributed by atoms with Crippen molar-refractivity contribution in [2.24, 2.45) is 0 Å². The third-order valence-corrected chi connectivity index (χ3v) is 5.78. The third-order valence-electron chi connectivity index (χ3n) is 4.58. The number of aryl methyl sites for hydroxylation is 2. The van der Waals surface area contributed by atoms with E-state index in [4.69, 9.17) is 9.47 Å². The van der Waals surface area contributed by atoms with Crippen LogP contribution in [0.25, 0.3) is 11.0 Å². The summed E-state index contributed by atoms with van der Waals surface area (Å²) in [5.74, 6) is -0.786. The van der Waals surface area contributed by atoms with Crippen LogP contribution in [0.5, 0.6) is 0 Å². The van der Waals surface area contributed by atoms with Crippen LogP contribution >= 0.6 is 11.3 Å². The van der Waals surface area contributed by atoms with Crippen LogP contribution in [-0.2, 0) is 38.4 Å². The van der Waals surface area contributed by atoms with Crippen LogP contribution in [0, 0.1) is 0 Å². The van der Waals surface area contributed by atoms with E-state index in [1.807, 2.05) is 38.1 Å².